The first kappa shape index (κ1) is 12.5. The fourth-order valence-corrected chi connectivity index (χ4v) is 2.79. The zero-order chi connectivity index (χ0) is 15.1. The molecule has 0 amide bonds. The van der Waals surface area contributed by atoms with Gasteiger partial charge in [0.2, 0.25) is 0 Å². The highest BCUT2D eigenvalue weighted by Gasteiger charge is 2.32. The molecule has 0 saturated heterocycles. The van der Waals surface area contributed by atoms with Gasteiger partial charge in [0.05, 0.1) is 6.20 Å². The predicted octanol–water partition coefficient (Wildman–Crippen LogP) is 2.67. The molecule has 4 rings (SSSR count). The molecule has 0 bridgehead atoms. The molecule has 2 heterocycles. The molecule has 2 aromatic heterocycles. The van der Waals surface area contributed by atoms with Gasteiger partial charge in [-0.25, -0.2) is 0 Å². The van der Waals surface area contributed by atoms with Crippen LogP contribution in [0.5, 0.6) is 5.75 Å². The first-order chi connectivity index (χ1) is 10.8. The second-order valence-corrected chi connectivity index (χ2v) is 5.04. The minimum atomic E-state index is -0.116. The number of aromatic nitrogens is 3. The van der Waals surface area contributed by atoms with Crippen molar-refractivity contribution < 1.29 is 9.90 Å². The quantitative estimate of drug-likeness (QED) is 0.760. The topological polar surface area (TPSA) is 78.9 Å². The number of benzene rings is 1. The highest BCUT2D eigenvalue weighted by Crippen LogP contribution is 2.42. The van der Waals surface area contributed by atoms with Crippen molar-refractivity contribution in [3.63, 3.8) is 0 Å². The Morgan fingerprint density at radius 1 is 1.00 bits per heavy atom. The number of phenolic OH excluding ortho intramolecular Hbond substituents is 1. The zero-order valence-corrected chi connectivity index (χ0v) is 11.4. The lowest BCUT2D eigenvalue weighted by Crippen LogP contribution is -1.98. The summed E-state index contributed by atoms with van der Waals surface area (Å²) in [5, 5.41) is 16.4. The molecule has 0 saturated carbocycles. The van der Waals surface area contributed by atoms with Gasteiger partial charge in [0, 0.05) is 46.4 Å². The minimum absolute atomic E-state index is 0.0751. The summed E-state index contributed by atoms with van der Waals surface area (Å²) in [6.07, 6.45) is 6.76. The SMILES string of the molecule is O=C1C(c2cccnc2)=C(c2cn[nH]c2)c2ccc(O)cc21. The normalized spacial score (nSPS) is 13.5. The third-order valence-corrected chi connectivity index (χ3v) is 3.73. The van der Waals surface area contributed by atoms with E-state index >= 15 is 0 Å². The molecule has 1 aromatic carbocycles. The second kappa shape index (κ2) is 4.66. The van der Waals surface area contributed by atoms with Crippen molar-refractivity contribution in [3.05, 3.63) is 77.4 Å². The van der Waals surface area contributed by atoms with Gasteiger partial charge in [0.1, 0.15) is 5.75 Å². The lowest BCUT2D eigenvalue weighted by Gasteiger charge is -2.05. The molecule has 0 fully saturated rings. The van der Waals surface area contributed by atoms with Gasteiger partial charge >= 0.3 is 0 Å². The van der Waals surface area contributed by atoms with Gasteiger partial charge in [-0.3, -0.25) is 14.9 Å². The van der Waals surface area contributed by atoms with Gasteiger partial charge in [-0.2, -0.15) is 5.10 Å². The molecule has 1 aliphatic carbocycles. The third-order valence-electron chi connectivity index (χ3n) is 3.73. The molecule has 0 unspecified atom stereocenters. The van der Waals surface area contributed by atoms with Gasteiger partial charge in [0.25, 0.3) is 0 Å². The lowest BCUT2D eigenvalue weighted by atomic mass is 9.97. The summed E-state index contributed by atoms with van der Waals surface area (Å²) in [6.45, 7) is 0. The summed E-state index contributed by atoms with van der Waals surface area (Å²) in [5.41, 5.74) is 4.26. The maximum Gasteiger partial charge on any atom is 0.195 e. The molecule has 0 spiro atoms. The molecule has 0 atom stereocenters. The summed E-state index contributed by atoms with van der Waals surface area (Å²) in [5.74, 6) is -0.0406. The molecule has 0 aliphatic heterocycles. The molecule has 1 aliphatic rings. The molecule has 106 valence electrons. The van der Waals surface area contributed by atoms with Crippen LogP contribution in [0.1, 0.15) is 27.0 Å². The van der Waals surface area contributed by atoms with E-state index in [9.17, 15) is 9.90 Å². The number of rotatable bonds is 2. The highest BCUT2D eigenvalue weighted by molar-refractivity contribution is 6.41. The summed E-state index contributed by atoms with van der Waals surface area (Å²) in [6, 6.07) is 8.49. The van der Waals surface area contributed by atoms with Crippen LogP contribution in [-0.2, 0) is 0 Å². The summed E-state index contributed by atoms with van der Waals surface area (Å²) < 4.78 is 0. The van der Waals surface area contributed by atoms with Crippen molar-refractivity contribution in [2.75, 3.05) is 0 Å². The van der Waals surface area contributed by atoms with Crippen LogP contribution in [-0.4, -0.2) is 26.1 Å². The number of nitrogens with one attached hydrogen (secondary N) is 1. The van der Waals surface area contributed by atoms with E-state index in [1.54, 1.807) is 43.0 Å². The monoisotopic (exact) mass is 289 g/mol. The number of carbonyl (C=O) groups is 1. The fraction of sp³-hybridized carbons (Fsp3) is 0. The summed E-state index contributed by atoms with van der Waals surface area (Å²) in [7, 11) is 0. The number of carbonyl (C=O) groups excluding carboxylic acids is 1. The van der Waals surface area contributed by atoms with E-state index in [1.807, 2.05) is 6.07 Å². The van der Waals surface area contributed by atoms with Crippen LogP contribution in [0.4, 0.5) is 0 Å². The fourth-order valence-electron chi connectivity index (χ4n) is 2.79. The Morgan fingerprint density at radius 3 is 2.64 bits per heavy atom. The van der Waals surface area contributed by atoms with E-state index in [0.717, 1.165) is 22.3 Å². The number of aromatic hydroxyl groups is 1. The molecular weight excluding hydrogens is 278 g/mol. The van der Waals surface area contributed by atoms with Gasteiger partial charge in [-0.05, 0) is 29.8 Å². The van der Waals surface area contributed by atoms with Crippen LogP contribution < -0.4 is 0 Å². The number of phenols is 1. The molecule has 5 heteroatoms. The van der Waals surface area contributed by atoms with Crippen molar-refractivity contribution >= 4 is 16.9 Å². The van der Waals surface area contributed by atoms with Gasteiger partial charge in [0.15, 0.2) is 5.78 Å². The minimum Gasteiger partial charge on any atom is -0.508 e. The Kier molecular flexibility index (Phi) is 2.66. The number of hydrogen-bond acceptors (Lipinski definition) is 4. The number of nitrogens with zero attached hydrogens (tertiary/aromatic N) is 2. The molecule has 3 aromatic rings. The van der Waals surface area contributed by atoms with E-state index in [-0.39, 0.29) is 11.5 Å². The summed E-state index contributed by atoms with van der Waals surface area (Å²) in [4.78, 5) is 16.9. The number of H-pyrrole nitrogens is 1. The zero-order valence-electron chi connectivity index (χ0n) is 11.4. The van der Waals surface area contributed by atoms with Gasteiger partial charge in [-0.1, -0.05) is 6.07 Å². The third kappa shape index (κ3) is 1.76. The van der Waals surface area contributed by atoms with Crippen molar-refractivity contribution in [3.8, 4) is 5.75 Å². The van der Waals surface area contributed by atoms with E-state index in [0.29, 0.717) is 11.1 Å². The lowest BCUT2D eigenvalue weighted by molar-refractivity contribution is 0.105. The van der Waals surface area contributed by atoms with Crippen molar-refractivity contribution in [2.24, 2.45) is 0 Å². The number of allylic oxidation sites excluding steroid dienone is 1. The molecule has 5 nitrogen and oxygen atoms in total. The highest BCUT2D eigenvalue weighted by atomic mass is 16.3. The smallest absolute Gasteiger partial charge is 0.195 e. The Bertz CT molecular complexity index is 897. The van der Waals surface area contributed by atoms with Crippen LogP contribution >= 0.6 is 0 Å². The number of hydrogen-bond donors (Lipinski definition) is 2. The molecular formula is C17H11N3O2. The predicted molar refractivity (Wildman–Crippen MR) is 81.2 cm³/mol. The molecule has 22 heavy (non-hydrogen) atoms. The van der Waals surface area contributed by atoms with Crippen molar-refractivity contribution in [1.82, 2.24) is 15.2 Å². The van der Waals surface area contributed by atoms with Gasteiger partial charge in [-0.15, -0.1) is 0 Å². The van der Waals surface area contributed by atoms with E-state index in [2.05, 4.69) is 15.2 Å². The number of pyridine rings is 1. The van der Waals surface area contributed by atoms with Crippen LogP contribution in [0.3, 0.4) is 0 Å². The largest absolute Gasteiger partial charge is 0.508 e. The Balaban J connectivity index is 2.04. The maximum absolute atomic E-state index is 12.8. The molecule has 2 N–H and O–H groups in total. The van der Waals surface area contributed by atoms with Crippen LogP contribution in [0.2, 0.25) is 0 Å². The van der Waals surface area contributed by atoms with E-state index in [4.69, 9.17) is 0 Å². The average Bonchev–Trinajstić information content (AvgIpc) is 3.15. The average molecular weight is 289 g/mol. The first-order valence-electron chi connectivity index (χ1n) is 6.77. The Morgan fingerprint density at radius 2 is 1.91 bits per heavy atom. The van der Waals surface area contributed by atoms with Crippen LogP contribution in [0.25, 0.3) is 11.1 Å². The van der Waals surface area contributed by atoms with Gasteiger partial charge < -0.3 is 5.11 Å². The number of aromatic amines is 1. The number of Topliss-reactive ketones (excluding diaryl/α,β-unsaturated/α-hetero) is 1. The number of fused-ring (bicyclic) bond motifs is 1. The standard InChI is InChI=1S/C17H11N3O2/c21-12-3-4-13-14(6-12)17(22)16(10-2-1-5-18-7-10)15(13)11-8-19-20-9-11/h1-9,21H,(H,19,20). The second-order valence-electron chi connectivity index (χ2n) is 5.04. The Hall–Kier alpha value is -3.21. The Labute approximate surface area is 126 Å². The molecule has 0 radical (unpaired) electrons. The maximum atomic E-state index is 12.8. The van der Waals surface area contributed by atoms with E-state index in [1.165, 1.54) is 6.07 Å². The first-order valence-corrected chi connectivity index (χ1v) is 6.77. The van der Waals surface area contributed by atoms with Crippen LogP contribution in [0.15, 0.2) is 55.1 Å². The van der Waals surface area contributed by atoms with Crippen LogP contribution in [0, 0.1) is 0 Å². The summed E-state index contributed by atoms with van der Waals surface area (Å²) >= 11 is 0. The van der Waals surface area contributed by atoms with E-state index < -0.39 is 0 Å². The van der Waals surface area contributed by atoms with Crippen molar-refractivity contribution in [1.29, 1.82) is 0 Å². The van der Waals surface area contributed by atoms with Crippen molar-refractivity contribution in [2.45, 2.75) is 0 Å². The number of ketones is 1.